The lowest BCUT2D eigenvalue weighted by molar-refractivity contribution is 0.642. The van der Waals surface area contributed by atoms with Gasteiger partial charge in [0.1, 0.15) is 0 Å². The molecule has 1 rings (SSSR count). The molecule has 0 spiro atoms. The molecule has 1 N–H and O–H groups in total. The molecule has 1 heterocycles. The molecule has 0 aromatic heterocycles. The van der Waals surface area contributed by atoms with Crippen LogP contribution in [0.1, 0.15) is 27.7 Å². The van der Waals surface area contributed by atoms with Crippen molar-refractivity contribution in [2.24, 2.45) is 16.8 Å². The van der Waals surface area contributed by atoms with E-state index in [0.717, 1.165) is 6.54 Å². The highest BCUT2D eigenvalue weighted by Crippen LogP contribution is 2.20. The third-order valence-corrected chi connectivity index (χ3v) is 2.19. The van der Waals surface area contributed by atoms with Crippen LogP contribution in [0.25, 0.3) is 0 Å². The van der Waals surface area contributed by atoms with E-state index in [4.69, 9.17) is 0 Å². The van der Waals surface area contributed by atoms with Gasteiger partial charge < -0.3 is 5.32 Å². The number of hydrogen-bond donors (Lipinski definition) is 1. The standard InChI is InChI=1S/C10H18N2/c1-7(2)9-5-11-6-12-10(9)8(3)4/h6-8H,5H2,1-4H3,(H,11,12). The molecular weight excluding hydrogens is 148 g/mol. The van der Waals surface area contributed by atoms with Gasteiger partial charge in [-0.1, -0.05) is 27.7 Å². The van der Waals surface area contributed by atoms with Crippen LogP contribution in [-0.4, -0.2) is 12.9 Å². The summed E-state index contributed by atoms with van der Waals surface area (Å²) in [6, 6.07) is 0. The summed E-state index contributed by atoms with van der Waals surface area (Å²) in [6.07, 6.45) is 1.81. The summed E-state index contributed by atoms with van der Waals surface area (Å²) in [4.78, 5) is 4.22. The SMILES string of the molecule is CC(C)C1=C(C(C)C)NC=NC1. The minimum absolute atomic E-state index is 0.578. The van der Waals surface area contributed by atoms with Crippen molar-refractivity contribution in [1.82, 2.24) is 5.32 Å². The van der Waals surface area contributed by atoms with E-state index in [1.54, 1.807) is 6.34 Å². The Kier molecular flexibility index (Phi) is 2.90. The highest BCUT2D eigenvalue weighted by atomic mass is 15.0. The monoisotopic (exact) mass is 166 g/mol. The Balaban J connectivity index is 2.85. The Bertz CT molecular complexity index is 190. The van der Waals surface area contributed by atoms with Gasteiger partial charge in [0.05, 0.1) is 12.9 Å². The summed E-state index contributed by atoms with van der Waals surface area (Å²) in [6.45, 7) is 9.74. The molecule has 0 saturated heterocycles. The molecule has 1 aliphatic rings. The van der Waals surface area contributed by atoms with Crippen molar-refractivity contribution in [3.63, 3.8) is 0 Å². The summed E-state index contributed by atoms with van der Waals surface area (Å²) in [5.74, 6) is 1.18. The minimum Gasteiger partial charge on any atom is -0.350 e. The van der Waals surface area contributed by atoms with E-state index in [1.165, 1.54) is 11.3 Å². The number of rotatable bonds is 2. The van der Waals surface area contributed by atoms with Crippen LogP contribution in [0.2, 0.25) is 0 Å². The Morgan fingerprint density at radius 2 is 1.92 bits per heavy atom. The molecule has 0 radical (unpaired) electrons. The summed E-state index contributed by atoms with van der Waals surface area (Å²) < 4.78 is 0. The second-order valence-electron chi connectivity index (χ2n) is 3.86. The molecule has 0 aromatic carbocycles. The molecule has 0 aliphatic carbocycles. The molecule has 1 aliphatic heterocycles. The maximum absolute atomic E-state index is 4.22. The van der Waals surface area contributed by atoms with E-state index in [0.29, 0.717) is 11.8 Å². The van der Waals surface area contributed by atoms with Crippen LogP contribution in [0.15, 0.2) is 16.3 Å². The zero-order chi connectivity index (χ0) is 9.14. The smallest absolute Gasteiger partial charge is 0.0869 e. The lowest BCUT2D eigenvalue weighted by atomic mass is 9.95. The fourth-order valence-corrected chi connectivity index (χ4v) is 1.47. The van der Waals surface area contributed by atoms with Gasteiger partial charge in [-0.25, -0.2) is 0 Å². The van der Waals surface area contributed by atoms with Crippen LogP contribution in [0, 0.1) is 11.8 Å². The average molecular weight is 166 g/mol. The van der Waals surface area contributed by atoms with Gasteiger partial charge in [0.25, 0.3) is 0 Å². The van der Waals surface area contributed by atoms with Gasteiger partial charge in [0, 0.05) is 5.70 Å². The summed E-state index contributed by atoms with van der Waals surface area (Å²) in [5, 5.41) is 3.24. The van der Waals surface area contributed by atoms with Crippen molar-refractivity contribution in [2.75, 3.05) is 6.54 Å². The van der Waals surface area contributed by atoms with Gasteiger partial charge in [-0.3, -0.25) is 4.99 Å². The topological polar surface area (TPSA) is 24.4 Å². The molecule has 0 aromatic rings. The third-order valence-electron chi connectivity index (χ3n) is 2.19. The molecule has 0 atom stereocenters. The first-order chi connectivity index (χ1) is 5.63. The van der Waals surface area contributed by atoms with Crippen LogP contribution >= 0.6 is 0 Å². The first-order valence-electron chi connectivity index (χ1n) is 4.60. The maximum Gasteiger partial charge on any atom is 0.0869 e. The highest BCUT2D eigenvalue weighted by Gasteiger charge is 2.14. The zero-order valence-corrected chi connectivity index (χ0v) is 8.39. The fraction of sp³-hybridized carbons (Fsp3) is 0.700. The number of nitrogens with zero attached hydrogens (tertiary/aromatic N) is 1. The normalized spacial score (nSPS) is 17.5. The van der Waals surface area contributed by atoms with Crippen molar-refractivity contribution >= 4 is 6.34 Å². The van der Waals surface area contributed by atoms with Crippen molar-refractivity contribution in [2.45, 2.75) is 27.7 Å². The predicted molar refractivity (Wildman–Crippen MR) is 53.2 cm³/mol. The van der Waals surface area contributed by atoms with Crippen LogP contribution in [0.3, 0.4) is 0 Å². The van der Waals surface area contributed by atoms with Crippen LogP contribution in [-0.2, 0) is 0 Å². The number of hydrogen-bond acceptors (Lipinski definition) is 2. The second kappa shape index (κ2) is 3.74. The van der Waals surface area contributed by atoms with E-state index >= 15 is 0 Å². The van der Waals surface area contributed by atoms with Crippen molar-refractivity contribution < 1.29 is 0 Å². The van der Waals surface area contributed by atoms with Gasteiger partial charge >= 0.3 is 0 Å². The first-order valence-corrected chi connectivity index (χ1v) is 4.60. The molecule has 0 saturated carbocycles. The number of allylic oxidation sites excluding steroid dienone is 1. The third kappa shape index (κ3) is 1.87. The van der Waals surface area contributed by atoms with Gasteiger partial charge in [-0.15, -0.1) is 0 Å². The molecule has 68 valence electrons. The highest BCUT2D eigenvalue weighted by molar-refractivity contribution is 5.60. The lowest BCUT2D eigenvalue weighted by Crippen LogP contribution is -2.24. The minimum atomic E-state index is 0.578. The summed E-state index contributed by atoms with van der Waals surface area (Å²) in [7, 11) is 0. The molecule has 2 nitrogen and oxygen atoms in total. The number of aliphatic imine (C=N–C) groups is 1. The van der Waals surface area contributed by atoms with Gasteiger partial charge in [-0.05, 0) is 17.4 Å². The fourth-order valence-electron chi connectivity index (χ4n) is 1.47. The van der Waals surface area contributed by atoms with Crippen LogP contribution in [0.5, 0.6) is 0 Å². The molecule has 0 bridgehead atoms. The van der Waals surface area contributed by atoms with Crippen molar-refractivity contribution in [3.8, 4) is 0 Å². The van der Waals surface area contributed by atoms with E-state index in [1.807, 2.05) is 0 Å². The Morgan fingerprint density at radius 3 is 2.33 bits per heavy atom. The van der Waals surface area contributed by atoms with E-state index in [9.17, 15) is 0 Å². The largest absolute Gasteiger partial charge is 0.350 e. The predicted octanol–water partition coefficient (Wildman–Crippen LogP) is 2.18. The molecule has 0 amide bonds. The van der Waals surface area contributed by atoms with Gasteiger partial charge in [0.2, 0.25) is 0 Å². The average Bonchev–Trinajstić information content (AvgIpc) is 2.04. The van der Waals surface area contributed by atoms with Gasteiger partial charge in [-0.2, -0.15) is 0 Å². The zero-order valence-electron chi connectivity index (χ0n) is 8.39. The molecule has 12 heavy (non-hydrogen) atoms. The van der Waals surface area contributed by atoms with Crippen molar-refractivity contribution in [3.05, 3.63) is 11.3 Å². The Morgan fingerprint density at radius 1 is 1.25 bits per heavy atom. The van der Waals surface area contributed by atoms with Crippen LogP contribution in [0.4, 0.5) is 0 Å². The summed E-state index contributed by atoms with van der Waals surface area (Å²) in [5.41, 5.74) is 2.81. The lowest BCUT2D eigenvalue weighted by Gasteiger charge is -2.22. The molecular formula is C10H18N2. The number of nitrogens with one attached hydrogen (secondary N) is 1. The van der Waals surface area contributed by atoms with Crippen LogP contribution < -0.4 is 5.32 Å². The summed E-state index contributed by atoms with van der Waals surface area (Å²) >= 11 is 0. The van der Waals surface area contributed by atoms with E-state index in [-0.39, 0.29) is 0 Å². The van der Waals surface area contributed by atoms with E-state index < -0.39 is 0 Å². The Labute approximate surface area is 74.8 Å². The first kappa shape index (κ1) is 9.30. The van der Waals surface area contributed by atoms with Crippen molar-refractivity contribution in [1.29, 1.82) is 0 Å². The second-order valence-corrected chi connectivity index (χ2v) is 3.86. The molecule has 2 heteroatoms. The quantitative estimate of drug-likeness (QED) is 0.668. The molecule has 0 fully saturated rings. The Hall–Kier alpha value is -0.790. The maximum atomic E-state index is 4.22. The van der Waals surface area contributed by atoms with E-state index in [2.05, 4.69) is 38.0 Å². The molecule has 0 unspecified atom stereocenters. The van der Waals surface area contributed by atoms with Gasteiger partial charge in [0.15, 0.2) is 0 Å².